The molecule has 0 aromatic heterocycles. The van der Waals surface area contributed by atoms with E-state index in [4.69, 9.17) is 0 Å². The summed E-state index contributed by atoms with van der Waals surface area (Å²) in [5, 5.41) is 0. The third-order valence-corrected chi connectivity index (χ3v) is 8.80. The lowest BCUT2D eigenvalue weighted by Crippen LogP contribution is -2.22. The molecule has 0 N–H and O–H groups in total. The summed E-state index contributed by atoms with van der Waals surface area (Å²) in [4.78, 5) is 0. The molecule has 0 radical (unpaired) electrons. The molecule has 0 nitrogen and oxygen atoms in total. The third-order valence-electron chi connectivity index (χ3n) is 8.80. The van der Waals surface area contributed by atoms with Crippen molar-refractivity contribution >= 4 is 5.57 Å². The molecule has 1 atom stereocenters. The molecule has 0 aliphatic heterocycles. The van der Waals surface area contributed by atoms with Crippen LogP contribution in [0, 0.1) is 29.4 Å². The lowest BCUT2D eigenvalue weighted by molar-refractivity contribution is 0.210. The van der Waals surface area contributed by atoms with Crippen molar-refractivity contribution in [2.24, 2.45) is 17.8 Å². The second kappa shape index (κ2) is 13.8. The summed E-state index contributed by atoms with van der Waals surface area (Å²) >= 11 is 0. The Labute approximate surface area is 238 Å². The van der Waals surface area contributed by atoms with Gasteiger partial charge in [0.05, 0.1) is 0 Å². The smallest absolute Gasteiger partial charge is 0.166 e. The number of allylic oxidation sites excluding steroid dienone is 10. The van der Waals surface area contributed by atoms with Crippen LogP contribution in [0.15, 0.2) is 103 Å². The summed E-state index contributed by atoms with van der Waals surface area (Å²) < 4.78 is 44.8. The highest BCUT2D eigenvalue weighted by atomic mass is 19.2. The molecule has 0 bridgehead atoms. The maximum absolute atomic E-state index is 15.4. The van der Waals surface area contributed by atoms with Crippen molar-refractivity contribution in [3.8, 4) is 11.1 Å². The van der Waals surface area contributed by atoms with Crippen molar-refractivity contribution in [2.45, 2.75) is 65.2 Å². The molecule has 0 spiro atoms. The van der Waals surface area contributed by atoms with E-state index < -0.39 is 11.6 Å². The summed E-state index contributed by atoms with van der Waals surface area (Å²) in [6.07, 6.45) is 19.6. The van der Waals surface area contributed by atoms with Gasteiger partial charge in [-0.1, -0.05) is 73.4 Å². The van der Waals surface area contributed by atoms with Crippen LogP contribution in [0.4, 0.5) is 13.2 Å². The Morgan fingerprint density at radius 1 is 0.925 bits per heavy atom. The minimum atomic E-state index is -0.851. The van der Waals surface area contributed by atoms with Gasteiger partial charge in [-0.3, -0.25) is 0 Å². The fraction of sp³-hybridized carbons (Fsp3) is 0.351. The highest BCUT2D eigenvalue weighted by Gasteiger charge is 2.28. The highest BCUT2D eigenvalue weighted by molar-refractivity contribution is 5.77. The van der Waals surface area contributed by atoms with E-state index in [0.29, 0.717) is 40.5 Å². The largest absolute Gasteiger partial charge is 0.206 e. The first-order valence-electron chi connectivity index (χ1n) is 14.6. The summed E-state index contributed by atoms with van der Waals surface area (Å²) in [6.45, 7) is 11.7. The molecule has 4 rings (SSSR count). The Kier molecular flexibility index (Phi) is 10.3. The number of rotatable bonds is 9. The van der Waals surface area contributed by atoms with Crippen molar-refractivity contribution in [3.05, 3.63) is 126 Å². The maximum Gasteiger partial charge on any atom is 0.166 e. The van der Waals surface area contributed by atoms with Gasteiger partial charge in [0.15, 0.2) is 11.6 Å². The maximum atomic E-state index is 15.4. The molecular formula is C37H41F3. The molecule has 1 saturated carbocycles. The molecule has 0 saturated heterocycles. The van der Waals surface area contributed by atoms with Gasteiger partial charge in [-0.2, -0.15) is 0 Å². The van der Waals surface area contributed by atoms with Crippen LogP contribution >= 0.6 is 0 Å². The van der Waals surface area contributed by atoms with E-state index in [-0.39, 0.29) is 11.4 Å². The van der Waals surface area contributed by atoms with Crippen LogP contribution in [0.2, 0.25) is 0 Å². The zero-order valence-corrected chi connectivity index (χ0v) is 23.9. The van der Waals surface area contributed by atoms with Crippen molar-refractivity contribution in [3.63, 3.8) is 0 Å². The Morgan fingerprint density at radius 3 is 2.25 bits per heavy atom. The van der Waals surface area contributed by atoms with Crippen molar-refractivity contribution in [1.29, 1.82) is 0 Å². The Hall–Kier alpha value is -3.33. The molecule has 0 heterocycles. The van der Waals surface area contributed by atoms with E-state index >= 15 is 4.39 Å². The second-order valence-corrected chi connectivity index (χ2v) is 11.1. The highest BCUT2D eigenvalue weighted by Crippen LogP contribution is 2.41. The third kappa shape index (κ3) is 6.86. The molecule has 1 fully saturated rings. The first kappa shape index (κ1) is 29.6. The van der Waals surface area contributed by atoms with E-state index in [1.807, 2.05) is 38.1 Å². The summed E-state index contributed by atoms with van der Waals surface area (Å²) in [7, 11) is 0. The SMILES string of the molecule is C=CC1CCC(C2CC=C(C(=C)/C(F)=C\C(=C/C)c3ccc(-c4ccc(C/C=C\C)c(F)c4F)cc3)CC2)CC1. The Balaban J connectivity index is 1.42. The van der Waals surface area contributed by atoms with Gasteiger partial charge in [0.2, 0.25) is 0 Å². The summed E-state index contributed by atoms with van der Waals surface area (Å²) in [6, 6.07) is 10.4. The van der Waals surface area contributed by atoms with Crippen LogP contribution in [-0.2, 0) is 6.42 Å². The second-order valence-electron chi connectivity index (χ2n) is 11.1. The van der Waals surface area contributed by atoms with Gasteiger partial charge < -0.3 is 0 Å². The predicted molar refractivity (Wildman–Crippen MR) is 163 cm³/mol. The lowest BCUT2D eigenvalue weighted by atomic mass is 9.71. The summed E-state index contributed by atoms with van der Waals surface area (Å²) in [5.74, 6) is 0.114. The molecule has 2 aliphatic rings. The zero-order chi connectivity index (χ0) is 28.6. The van der Waals surface area contributed by atoms with E-state index in [9.17, 15) is 8.78 Å². The van der Waals surface area contributed by atoms with Gasteiger partial charge >= 0.3 is 0 Å². The molecular weight excluding hydrogens is 501 g/mol. The van der Waals surface area contributed by atoms with E-state index in [1.54, 1.807) is 30.3 Å². The van der Waals surface area contributed by atoms with Crippen molar-refractivity contribution in [2.75, 3.05) is 0 Å². The number of hydrogen-bond acceptors (Lipinski definition) is 0. The first-order chi connectivity index (χ1) is 19.4. The lowest BCUT2D eigenvalue weighted by Gasteiger charge is -2.34. The molecule has 2 aromatic carbocycles. The Bertz CT molecular complexity index is 1330. The Morgan fingerprint density at radius 2 is 1.65 bits per heavy atom. The quantitative estimate of drug-likeness (QED) is 0.218. The van der Waals surface area contributed by atoms with Crippen molar-refractivity contribution < 1.29 is 13.2 Å². The number of halogens is 3. The standard InChI is InChI=1S/C37H41F3/c1-5-8-9-33-22-23-34(37(40)36(33)39)32-20-18-29(19-21-32)27(7-3)24-35(38)25(4)28-14-16-31(17-15-28)30-12-10-26(6-2)11-13-30/h5-8,14,18-24,26,30-31H,2,4,9-13,15-17H2,1,3H3/b8-5-,27-7+,35-24+. The van der Waals surface area contributed by atoms with Crippen LogP contribution in [0.3, 0.4) is 0 Å². The number of hydrogen-bond donors (Lipinski definition) is 0. The topological polar surface area (TPSA) is 0 Å². The van der Waals surface area contributed by atoms with Gasteiger partial charge in [-0.05, 0) is 117 Å². The van der Waals surface area contributed by atoms with Gasteiger partial charge in [0, 0.05) is 11.1 Å². The van der Waals surface area contributed by atoms with Gasteiger partial charge in [-0.25, -0.2) is 13.2 Å². The molecule has 1 unspecified atom stereocenters. The van der Waals surface area contributed by atoms with E-state index in [1.165, 1.54) is 31.8 Å². The normalized spacial score (nSPS) is 22.3. The van der Waals surface area contributed by atoms with Crippen LogP contribution in [-0.4, -0.2) is 0 Å². The molecule has 40 heavy (non-hydrogen) atoms. The van der Waals surface area contributed by atoms with E-state index in [0.717, 1.165) is 36.3 Å². The molecule has 210 valence electrons. The minimum Gasteiger partial charge on any atom is -0.206 e. The summed E-state index contributed by atoms with van der Waals surface area (Å²) in [5.41, 5.74) is 4.08. The zero-order valence-electron chi connectivity index (χ0n) is 23.9. The molecule has 2 aromatic rings. The van der Waals surface area contributed by atoms with Gasteiger partial charge in [0.1, 0.15) is 5.83 Å². The average Bonchev–Trinajstić information content (AvgIpc) is 3.00. The van der Waals surface area contributed by atoms with Crippen molar-refractivity contribution in [1.82, 2.24) is 0 Å². The van der Waals surface area contributed by atoms with Crippen LogP contribution in [0.5, 0.6) is 0 Å². The fourth-order valence-electron chi connectivity index (χ4n) is 6.18. The molecule has 0 amide bonds. The number of benzene rings is 2. The monoisotopic (exact) mass is 542 g/mol. The molecule has 3 heteroatoms. The first-order valence-corrected chi connectivity index (χ1v) is 14.6. The van der Waals surface area contributed by atoms with Gasteiger partial charge in [0.25, 0.3) is 0 Å². The minimum absolute atomic E-state index is 0.210. The van der Waals surface area contributed by atoms with E-state index in [2.05, 4.69) is 25.3 Å². The van der Waals surface area contributed by atoms with Crippen LogP contribution < -0.4 is 0 Å². The van der Waals surface area contributed by atoms with Crippen LogP contribution in [0.25, 0.3) is 16.7 Å². The molecule has 2 aliphatic carbocycles. The van der Waals surface area contributed by atoms with Crippen LogP contribution in [0.1, 0.15) is 69.9 Å². The van der Waals surface area contributed by atoms with Gasteiger partial charge in [-0.15, -0.1) is 6.58 Å². The predicted octanol–water partition coefficient (Wildman–Crippen LogP) is 11.3. The fourth-order valence-corrected chi connectivity index (χ4v) is 6.18. The average molecular weight is 543 g/mol.